The van der Waals surface area contributed by atoms with Crippen LogP contribution in [0.4, 0.5) is 0 Å². The number of halogens is 1. The SMILES string of the molecule is O=C(OCC#CI)C(=O)OCc1ccccc1. The molecule has 0 spiro atoms. The first kappa shape index (κ1) is 13.5. The Labute approximate surface area is 112 Å². The minimum absolute atomic E-state index is 0.0483. The minimum Gasteiger partial charge on any atom is -0.452 e. The van der Waals surface area contributed by atoms with Crippen molar-refractivity contribution in [2.24, 2.45) is 0 Å². The van der Waals surface area contributed by atoms with Crippen molar-refractivity contribution in [3.8, 4) is 9.85 Å². The van der Waals surface area contributed by atoms with E-state index in [1.807, 2.05) is 40.8 Å². The molecule has 0 saturated carbocycles. The van der Waals surface area contributed by atoms with E-state index in [0.717, 1.165) is 5.56 Å². The molecule has 1 aromatic rings. The highest BCUT2D eigenvalue weighted by Crippen LogP contribution is 2.00. The smallest absolute Gasteiger partial charge is 0.418 e. The molecule has 0 saturated heterocycles. The highest BCUT2D eigenvalue weighted by molar-refractivity contribution is 14.1. The van der Waals surface area contributed by atoms with Gasteiger partial charge in [0.15, 0.2) is 6.61 Å². The Morgan fingerprint density at radius 1 is 1.12 bits per heavy atom. The Morgan fingerprint density at radius 3 is 2.41 bits per heavy atom. The van der Waals surface area contributed by atoms with Gasteiger partial charge in [0.2, 0.25) is 0 Å². The number of esters is 2. The molecule has 0 unspecified atom stereocenters. The van der Waals surface area contributed by atoms with Crippen LogP contribution in [0, 0.1) is 9.85 Å². The quantitative estimate of drug-likeness (QED) is 0.362. The zero-order valence-electron chi connectivity index (χ0n) is 8.81. The average molecular weight is 344 g/mol. The van der Waals surface area contributed by atoms with Crippen molar-refractivity contribution in [2.75, 3.05) is 6.61 Å². The van der Waals surface area contributed by atoms with Crippen LogP contribution in [0.15, 0.2) is 30.3 Å². The van der Waals surface area contributed by atoms with E-state index in [2.05, 4.69) is 14.6 Å². The third kappa shape index (κ3) is 5.36. The lowest BCUT2D eigenvalue weighted by Crippen LogP contribution is -2.20. The molecule has 0 amide bonds. The monoisotopic (exact) mass is 344 g/mol. The second-order valence-electron chi connectivity index (χ2n) is 2.91. The molecule has 5 heteroatoms. The number of ether oxygens (including phenoxy) is 2. The highest BCUT2D eigenvalue weighted by atomic mass is 127. The summed E-state index contributed by atoms with van der Waals surface area (Å²) in [7, 11) is 0. The van der Waals surface area contributed by atoms with E-state index in [4.69, 9.17) is 4.74 Å². The highest BCUT2D eigenvalue weighted by Gasteiger charge is 2.16. The van der Waals surface area contributed by atoms with E-state index < -0.39 is 11.9 Å². The predicted molar refractivity (Wildman–Crippen MR) is 69.0 cm³/mol. The molecule has 0 atom stereocenters. The van der Waals surface area contributed by atoms with Gasteiger partial charge in [0.05, 0.1) is 0 Å². The molecule has 17 heavy (non-hydrogen) atoms. The Balaban J connectivity index is 2.33. The maximum atomic E-state index is 11.2. The molecule has 0 aliphatic rings. The van der Waals surface area contributed by atoms with Crippen molar-refractivity contribution >= 4 is 34.5 Å². The Hall–Kier alpha value is -1.55. The number of rotatable bonds is 3. The van der Waals surface area contributed by atoms with Crippen LogP contribution in [0.25, 0.3) is 0 Å². The fraction of sp³-hybridized carbons (Fsp3) is 0.167. The normalized spacial score (nSPS) is 8.76. The van der Waals surface area contributed by atoms with Gasteiger partial charge in [-0.15, -0.1) is 0 Å². The summed E-state index contributed by atoms with van der Waals surface area (Å²) in [4.78, 5) is 22.2. The molecule has 0 aliphatic carbocycles. The topological polar surface area (TPSA) is 52.6 Å². The second-order valence-corrected chi connectivity index (χ2v) is 3.45. The zero-order chi connectivity index (χ0) is 12.5. The van der Waals surface area contributed by atoms with E-state index in [0.29, 0.717) is 0 Å². The molecular weight excluding hydrogens is 335 g/mol. The van der Waals surface area contributed by atoms with Gasteiger partial charge in [0, 0.05) is 22.6 Å². The van der Waals surface area contributed by atoms with Gasteiger partial charge in [-0.05, 0) is 9.49 Å². The largest absolute Gasteiger partial charge is 0.452 e. The molecule has 0 aliphatic heterocycles. The van der Waals surface area contributed by atoms with Crippen molar-refractivity contribution in [3.05, 3.63) is 35.9 Å². The van der Waals surface area contributed by atoms with Crippen LogP contribution in [-0.4, -0.2) is 18.5 Å². The third-order valence-corrected chi connectivity index (χ3v) is 2.10. The van der Waals surface area contributed by atoms with Gasteiger partial charge in [0.25, 0.3) is 0 Å². The van der Waals surface area contributed by atoms with Crippen LogP contribution in [0.2, 0.25) is 0 Å². The molecule has 0 heterocycles. The van der Waals surface area contributed by atoms with Crippen LogP contribution in [-0.2, 0) is 25.7 Å². The number of hydrogen-bond donors (Lipinski definition) is 0. The molecule has 1 aromatic carbocycles. The molecule has 4 nitrogen and oxygen atoms in total. The summed E-state index contributed by atoms with van der Waals surface area (Å²) < 4.78 is 11.8. The minimum atomic E-state index is -1.03. The van der Waals surface area contributed by atoms with Crippen LogP contribution in [0.3, 0.4) is 0 Å². The summed E-state index contributed by atoms with van der Waals surface area (Å²) in [5.74, 6) is 0.456. The number of hydrogen-bond acceptors (Lipinski definition) is 4. The van der Waals surface area contributed by atoms with Crippen molar-refractivity contribution in [2.45, 2.75) is 6.61 Å². The van der Waals surface area contributed by atoms with Crippen LogP contribution < -0.4 is 0 Å². The van der Waals surface area contributed by atoms with Crippen molar-refractivity contribution < 1.29 is 19.1 Å². The van der Waals surface area contributed by atoms with E-state index in [1.54, 1.807) is 12.1 Å². The van der Waals surface area contributed by atoms with E-state index >= 15 is 0 Å². The van der Waals surface area contributed by atoms with Crippen molar-refractivity contribution in [1.29, 1.82) is 0 Å². The van der Waals surface area contributed by atoms with E-state index in [-0.39, 0.29) is 13.2 Å². The Morgan fingerprint density at radius 2 is 1.76 bits per heavy atom. The summed E-state index contributed by atoms with van der Waals surface area (Å²) in [6.45, 7) is -0.0606. The summed E-state index contributed by atoms with van der Waals surface area (Å²) in [5.41, 5.74) is 0.806. The zero-order valence-corrected chi connectivity index (χ0v) is 11.0. The van der Waals surface area contributed by atoms with Gasteiger partial charge in [-0.25, -0.2) is 9.59 Å². The molecular formula is C12H9IO4. The molecule has 0 N–H and O–H groups in total. The van der Waals surface area contributed by atoms with Gasteiger partial charge in [-0.1, -0.05) is 36.3 Å². The molecule has 0 aromatic heterocycles. The first-order valence-electron chi connectivity index (χ1n) is 4.70. The van der Waals surface area contributed by atoms with Gasteiger partial charge in [-0.3, -0.25) is 0 Å². The first-order chi connectivity index (χ1) is 8.24. The van der Waals surface area contributed by atoms with Gasteiger partial charge >= 0.3 is 11.9 Å². The Bertz CT molecular complexity index is 445. The third-order valence-electron chi connectivity index (χ3n) is 1.72. The standard InChI is InChI=1S/C12H9IO4/c13-7-4-8-16-11(14)12(15)17-9-10-5-2-1-3-6-10/h1-3,5-6H,8-9H2. The van der Waals surface area contributed by atoms with Gasteiger partial charge < -0.3 is 9.47 Å². The average Bonchev–Trinajstić information content (AvgIpc) is 2.37. The number of carbonyl (C=O) groups is 2. The lowest BCUT2D eigenvalue weighted by atomic mass is 10.2. The summed E-state index contributed by atoms with van der Waals surface area (Å²) >= 11 is 1.81. The lowest BCUT2D eigenvalue weighted by molar-refractivity contribution is -0.167. The summed E-state index contributed by atoms with van der Waals surface area (Å²) in [6, 6.07) is 9.07. The fourth-order valence-corrected chi connectivity index (χ4v) is 1.13. The van der Waals surface area contributed by atoms with E-state index in [1.165, 1.54) is 0 Å². The fourth-order valence-electron chi connectivity index (χ4n) is 0.970. The summed E-state index contributed by atoms with van der Waals surface area (Å²) in [6.07, 6.45) is 0. The van der Waals surface area contributed by atoms with Crippen LogP contribution >= 0.6 is 22.6 Å². The molecule has 0 bridgehead atoms. The number of benzene rings is 1. The van der Waals surface area contributed by atoms with Gasteiger partial charge in [-0.2, -0.15) is 0 Å². The van der Waals surface area contributed by atoms with Crippen LogP contribution in [0.5, 0.6) is 0 Å². The lowest BCUT2D eigenvalue weighted by Gasteiger charge is -2.03. The number of carbonyl (C=O) groups excluding carboxylic acids is 2. The van der Waals surface area contributed by atoms with E-state index in [9.17, 15) is 9.59 Å². The molecule has 1 rings (SSSR count). The van der Waals surface area contributed by atoms with Gasteiger partial charge in [0.1, 0.15) is 6.61 Å². The molecule has 0 fully saturated rings. The molecule has 88 valence electrons. The van der Waals surface area contributed by atoms with Crippen LogP contribution in [0.1, 0.15) is 5.56 Å². The maximum Gasteiger partial charge on any atom is 0.418 e. The maximum absolute atomic E-state index is 11.2. The van der Waals surface area contributed by atoms with Crippen molar-refractivity contribution in [3.63, 3.8) is 0 Å². The first-order valence-corrected chi connectivity index (χ1v) is 5.78. The molecule has 0 radical (unpaired) electrons. The van der Waals surface area contributed by atoms with Crippen molar-refractivity contribution in [1.82, 2.24) is 0 Å². The second kappa shape index (κ2) is 7.68. The predicted octanol–water partition coefficient (Wildman–Crippen LogP) is 1.67. The Kier molecular flexibility index (Phi) is 6.10. The summed E-state index contributed by atoms with van der Waals surface area (Å²) in [5, 5.41) is 0.